The predicted molar refractivity (Wildman–Crippen MR) is 122 cm³/mol. The van der Waals surface area contributed by atoms with Crippen molar-refractivity contribution in [2.24, 2.45) is 0 Å². The molecule has 1 aromatic carbocycles. The van der Waals surface area contributed by atoms with Crippen LogP contribution in [0.2, 0.25) is 0 Å². The Balaban J connectivity index is 1.34. The van der Waals surface area contributed by atoms with Crippen LogP contribution in [0.5, 0.6) is 5.75 Å². The zero-order chi connectivity index (χ0) is 25.9. The lowest BCUT2D eigenvalue weighted by Gasteiger charge is -2.63. The Morgan fingerprint density at radius 2 is 2.03 bits per heavy atom. The van der Waals surface area contributed by atoms with E-state index in [-0.39, 0.29) is 24.5 Å². The molecule has 2 aromatic heterocycles. The maximum atomic E-state index is 12.9. The summed E-state index contributed by atoms with van der Waals surface area (Å²) >= 11 is 1.42. The molecule has 0 radical (unpaired) electrons. The summed E-state index contributed by atoms with van der Waals surface area (Å²) in [4.78, 5) is 29.6. The molecule has 5 rings (SSSR count). The first-order chi connectivity index (χ1) is 16.9. The van der Waals surface area contributed by atoms with E-state index in [9.17, 15) is 33.0 Å². The summed E-state index contributed by atoms with van der Waals surface area (Å²) < 4.78 is 44.7. The molecular formula is C22H20F3N5O5S. The van der Waals surface area contributed by atoms with Crippen LogP contribution in [0.25, 0.3) is 10.9 Å². The van der Waals surface area contributed by atoms with Gasteiger partial charge in [-0.1, -0.05) is 6.07 Å². The molecule has 2 saturated heterocycles. The number of thioether (sulfide) groups is 1. The van der Waals surface area contributed by atoms with Gasteiger partial charge in [-0.15, -0.1) is 11.8 Å². The zero-order valence-electron chi connectivity index (χ0n) is 18.7. The molecule has 14 heteroatoms. The minimum atomic E-state index is -4.70. The van der Waals surface area contributed by atoms with E-state index in [4.69, 9.17) is 4.74 Å². The van der Waals surface area contributed by atoms with Gasteiger partial charge in [0.2, 0.25) is 5.91 Å². The van der Waals surface area contributed by atoms with E-state index in [0.717, 1.165) is 28.9 Å². The van der Waals surface area contributed by atoms with E-state index in [0.29, 0.717) is 17.3 Å². The highest BCUT2D eigenvalue weighted by Gasteiger charge is 2.68. The molecular weight excluding hydrogens is 503 g/mol. The number of methoxy groups -OCH3 is 1. The van der Waals surface area contributed by atoms with E-state index in [1.807, 2.05) is 0 Å². The number of halogens is 3. The lowest BCUT2D eigenvalue weighted by Crippen LogP contribution is -2.81. The summed E-state index contributed by atoms with van der Waals surface area (Å²) in [5, 5.41) is 28.0. The normalized spacial score (nSPS) is 20.7. The molecule has 2 amide bonds. The van der Waals surface area contributed by atoms with Crippen LogP contribution in [-0.4, -0.2) is 71.8 Å². The van der Waals surface area contributed by atoms with Crippen LogP contribution in [-0.2, 0) is 17.5 Å². The van der Waals surface area contributed by atoms with E-state index in [1.165, 1.54) is 41.9 Å². The fourth-order valence-corrected chi connectivity index (χ4v) is 5.43. The highest BCUT2D eigenvalue weighted by atomic mass is 32.2. The quantitative estimate of drug-likeness (QED) is 0.434. The first-order valence-electron chi connectivity index (χ1n) is 10.7. The molecule has 2 fully saturated rings. The highest BCUT2D eigenvalue weighted by molar-refractivity contribution is 8.02. The standard InChI is InChI=1S/C22H20F3N5O5S/c1-35-16-8-14-12(7-15(16)27-19(32)13-3-2-4-17(26-13)21(23,24)25)9-29(28-14)10-18(31)30-11-20(5-6-36-20)22(30,33)34/h2-4,7-9,33-34H,5-6,10-11H2,1H3,(H,27,32). The van der Waals surface area contributed by atoms with Crippen LogP contribution >= 0.6 is 11.8 Å². The van der Waals surface area contributed by atoms with Gasteiger partial charge in [-0.05, 0) is 30.4 Å². The summed E-state index contributed by atoms with van der Waals surface area (Å²) in [6.45, 7) is -0.0195. The monoisotopic (exact) mass is 523 g/mol. The number of alkyl halides is 3. The second kappa shape index (κ2) is 8.35. The third-order valence-electron chi connectivity index (χ3n) is 6.28. The van der Waals surface area contributed by atoms with Crippen molar-refractivity contribution in [3.05, 3.63) is 47.9 Å². The Morgan fingerprint density at radius 3 is 2.64 bits per heavy atom. The van der Waals surface area contributed by atoms with Crippen LogP contribution in [0.4, 0.5) is 18.9 Å². The van der Waals surface area contributed by atoms with Crippen molar-refractivity contribution in [3.63, 3.8) is 0 Å². The Kier molecular flexibility index (Phi) is 5.65. The van der Waals surface area contributed by atoms with E-state index >= 15 is 0 Å². The lowest BCUT2D eigenvalue weighted by molar-refractivity contribution is -0.332. The number of carbonyl (C=O) groups is 2. The van der Waals surface area contributed by atoms with Crippen molar-refractivity contribution in [1.29, 1.82) is 0 Å². The SMILES string of the molecule is COc1cc2nn(CC(=O)N3CC4(CCS4)C3(O)O)cc2cc1NC(=O)c1cccc(C(F)(F)F)n1. The van der Waals surface area contributed by atoms with Gasteiger partial charge in [0.25, 0.3) is 11.8 Å². The minimum absolute atomic E-state index is 0.163. The third-order valence-corrected chi connectivity index (χ3v) is 7.85. The average molecular weight is 523 g/mol. The number of carbonyl (C=O) groups excluding carboxylic acids is 2. The summed E-state index contributed by atoms with van der Waals surface area (Å²) in [7, 11) is 1.35. The average Bonchev–Trinajstić information content (AvgIpc) is 3.17. The van der Waals surface area contributed by atoms with Crippen molar-refractivity contribution < 1.29 is 37.7 Å². The number of hydrogen-bond acceptors (Lipinski definition) is 8. The molecule has 190 valence electrons. The van der Waals surface area contributed by atoms with E-state index < -0.39 is 40.0 Å². The number of nitrogens with zero attached hydrogens (tertiary/aromatic N) is 4. The number of aromatic nitrogens is 3. The molecule has 0 bridgehead atoms. The summed E-state index contributed by atoms with van der Waals surface area (Å²) in [5.74, 6) is -2.61. The zero-order valence-corrected chi connectivity index (χ0v) is 19.6. The fraction of sp³-hybridized carbons (Fsp3) is 0.364. The van der Waals surface area contributed by atoms with Gasteiger partial charge >= 0.3 is 6.18 Å². The van der Waals surface area contributed by atoms with Crippen LogP contribution in [0.3, 0.4) is 0 Å². The molecule has 10 nitrogen and oxygen atoms in total. The number of likely N-dealkylation sites (tertiary alicyclic amines) is 1. The molecule has 3 N–H and O–H groups in total. The Hall–Kier alpha value is -3.36. The van der Waals surface area contributed by atoms with Crippen molar-refractivity contribution in [2.75, 3.05) is 24.7 Å². The molecule has 0 saturated carbocycles. The second-order valence-corrected chi connectivity index (χ2v) is 9.98. The van der Waals surface area contributed by atoms with Gasteiger partial charge < -0.3 is 20.3 Å². The summed E-state index contributed by atoms with van der Waals surface area (Å²) in [6, 6.07) is 6.01. The summed E-state index contributed by atoms with van der Waals surface area (Å²) in [6.07, 6.45) is -2.56. The van der Waals surface area contributed by atoms with Gasteiger partial charge in [0.05, 0.1) is 18.3 Å². The van der Waals surface area contributed by atoms with Crippen molar-refractivity contribution in [1.82, 2.24) is 19.7 Å². The third kappa shape index (κ3) is 3.94. The molecule has 1 spiro atoms. The summed E-state index contributed by atoms with van der Waals surface area (Å²) in [5.41, 5.74) is -1.04. The minimum Gasteiger partial charge on any atom is -0.494 e. The maximum Gasteiger partial charge on any atom is 0.433 e. The Morgan fingerprint density at radius 1 is 1.28 bits per heavy atom. The number of anilines is 1. The molecule has 2 aliphatic rings. The Labute approximate surface area is 206 Å². The van der Waals surface area contributed by atoms with Crippen molar-refractivity contribution >= 4 is 40.2 Å². The molecule has 2 aliphatic heterocycles. The number of amides is 2. The molecule has 4 heterocycles. The number of rotatable bonds is 5. The van der Waals surface area contributed by atoms with Crippen LogP contribution in [0.15, 0.2) is 36.5 Å². The predicted octanol–water partition coefficient (Wildman–Crippen LogP) is 2.07. The van der Waals surface area contributed by atoms with Gasteiger partial charge in [-0.3, -0.25) is 19.2 Å². The molecule has 1 atom stereocenters. The first kappa shape index (κ1) is 24.3. The van der Waals surface area contributed by atoms with Crippen LogP contribution in [0.1, 0.15) is 22.6 Å². The molecule has 3 aromatic rings. The second-order valence-electron chi connectivity index (χ2n) is 8.51. The van der Waals surface area contributed by atoms with Crippen LogP contribution < -0.4 is 10.1 Å². The van der Waals surface area contributed by atoms with Gasteiger partial charge in [-0.25, -0.2) is 4.98 Å². The molecule has 36 heavy (non-hydrogen) atoms. The van der Waals surface area contributed by atoms with Crippen LogP contribution in [0, 0.1) is 0 Å². The highest BCUT2D eigenvalue weighted by Crippen LogP contribution is 2.55. The number of fused-ring (bicyclic) bond motifs is 1. The van der Waals surface area contributed by atoms with Gasteiger partial charge in [0.15, 0.2) is 0 Å². The number of benzene rings is 1. The lowest BCUT2D eigenvalue weighted by atomic mass is 9.88. The topological polar surface area (TPSA) is 130 Å². The number of pyridine rings is 1. The maximum absolute atomic E-state index is 12.9. The van der Waals surface area contributed by atoms with Gasteiger partial charge in [0, 0.05) is 24.2 Å². The van der Waals surface area contributed by atoms with Crippen molar-refractivity contribution in [2.45, 2.75) is 29.8 Å². The first-order valence-corrected chi connectivity index (χ1v) is 11.7. The fourth-order valence-electron chi connectivity index (χ4n) is 4.21. The largest absolute Gasteiger partial charge is 0.494 e. The molecule has 1 unspecified atom stereocenters. The number of hydrogen-bond donors (Lipinski definition) is 3. The van der Waals surface area contributed by atoms with Gasteiger partial charge in [0.1, 0.15) is 28.4 Å². The van der Waals surface area contributed by atoms with E-state index in [2.05, 4.69) is 15.4 Å². The van der Waals surface area contributed by atoms with Crippen molar-refractivity contribution in [3.8, 4) is 5.75 Å². The Bertz CT molecular complexity index is 1370. The molecule has 0 aliphatic carbocycles. The van der Waals surface area contributed by atoms with Gasteiger partial charge in [-0.2, -0.15) is 18.3 Å². The number of aliphatic hydroxyl groups is 2. The number of ether oxygens (including phenoxy) is 1. The van der Waals surface area contributed by atoms with E-state index in [1.54, 1.807) is 0 Å². The number of nitrogens with one attached hydrogen (secondary N) is 1. The smallest absolute Gasteiger partial charge is 0.433 e.